The van der Waals surface area contributed by atoms with Crippen molar-refractivity contribution in [2.24, 2.45) is 29.6 Å². The van der Waals surface area contributed by atoms with Crippen LogP contribution in [0.5, 0.6) is 0 Å². The van der Waals surface area contributed by atoms with Gasteiger partial charge in [-0.05, 0) is 19.3 Å². The lowest BCUT2D eigenvalue weighted by Crippen LogP contribution is -3.14. The zero-order valence-electron chi connectivity index (χ0n) is 19.4. The van der Waals surface area contributed by atoms with E-state index in [-0.39, 0.29) is 30.3 Å². The van der Waals surface area contributed by atoms with Crippen molar-refractivity contribution >= 4 is 23.9 Å². The Kier molecular flexibility index (Phi) is 7.06. The second kappa shape index (κ2) is 10.2. The molecule has 2 heterocycles. The van der Waals surface area contributed by atoms with Gasteiger partial charge in [0.15, 0.2) is 6.61 Å². The zero-order valence-corrected chi connectivity index (χ0v) is 19.4. The van der Waals surface area contributed by atoms with E-state index in [0.29, 0.717) is 26.2 Å². The Bertz CT molecular complexity index is 804. The highest BCUT2D eigenvalue weighted by Crippen LogP contribution is 2.59. The van der Waals surface area contributed by atoms with E-state index >= 15 is 0 Å². The summed E-state index contributed by atoms with van der Waals surface area (Å²) >= 11 is 0. The number of fused-ring (bicyclic) bond motifs is 1. The van der Waals surface area contributed by atoms with Gasteiger partial charge in [-0.2, -0.15) is 0 Å². The summed E-state index contributed by atoms with van der Waals surface area (Å²) in [5, 5.41) is 0. The van der Waals surface area contributed by atoms with Crippen molar-refractivity contribution in [3.8, 4) is 0 Å². The van der Waals surface area contributed by atoms with Crippen molar-refractivity contribution in [1.82, 2.24) is 0 Å². The molecule has 10 heteroatoms. The van der Waals surface area contributed by atoms with E-state index in [2.05, 4.69) is 0 Å². The fraction of sp³-hybridized carbons (Fsp3) is 0.833. The van der Waals surface area contributed by atoms with Gasteiger partial charge < -0.3 is 28.6 Å². The van der Waals surface area contributed by atoms with Crippen molar-refractivity contribution in [3.63, 3.8) is 0 Å². The molecule has 2 bridgehead atoms. The molecule has 6 unspecified atom stereocenters. The van der Waals surface area contributed by atoms with Crippen LogP contribution in [-0.2, 0) is 42.9 Å². The lowest BCUT2D eigenvalue weighted by Gasteiger charge is -2.30. The summed E-state index contributed by atoms with van der Waals surface area (Å²) in [6, 6.07) is 0. The van der Waals surface area contributed by atoms with Crippen LogP contribution in [0.3, 0.4) is 0 Å². The standard InChI is InChI=1S/C24H33NO9/c26-17(13-32-22(27)14-4-2-1-3-5-14)33-20-15-12-16-19(24(29)34-21(16)20)18(15)23(28)31-11-8-25-6-9-30-10-7-25/h14-16,18-21H,1-13H2/p+1. The highest BCUT2D eigenvalue weighted by Gasteiger charge is 2.70. The van der Waals surface area contributed by atoms with E-state index < -0.39 is 48.6 Å². The minimum atomic E-state index is -0.712. The van der Waals surface area contributed by atoms with Crippen molar-refractivity contribution in [1.29, 1.82) is 0 Å². The van der Waals surface area contributed by atoms with E-state index in [1.54, 1.807) is 0 Å². The Balaban J connectivity index is 1.14. The molecule has 0 aromatic heterocycles. The summed E-state index contributed by atoms with van der Waals surface area (Å²) < 4.78 is 27.2. The number of carbonyl (C=O) groups excluding carboxylic acids is 4. The summed E-state index contributed by atoms with van der Waals surface area (Å²) in [5.74, 6) is -3.71. The minimum absolute atomic E-state index is 0.150. The number of hydrogen-bond acceptors (Lipinski definition) is 9. The Morgan fingerprint density at radius 3 is 2.50 bits per heavy atom. The van der Waals surface area contributed by atoms with Gasteiger partial charge in [-0.25, -0.2) is 4.79 Å². The van der Waals surface area contributed by atoms with Gasteiger partial charge >= 0.3 is 23.9 Å². The summed E-state index contributed by atoms with van der Waals surface area (Å²) in [5.41, 5.74) is 0. The first-order valence-corrected chi connectivity index (χ1v) is 12.7. The van der Waals surface area contributed by atoms with E-state index in [0.717, 1.165) is 45.2 Å². The van der Waals surface area contributed by atoms with E-state index in [1.807, 2.05) is 0 Å². The van der Waals surface area contributed by atoms with Gasteiger partial charge in [-0.3, -0.25) is 14.4 Å². The maximum absolute atomic E-state index is 13.0. The topological polar surface area (TPSA) is 119 Å². The highest BCUT2D eigenvalue weighted by molar-refractivity contribution is 5.86. The molecule has 6 atom stereocenters. The first-order valence-electron chi connectivity index (χ1n) is 12.7. The molecule has 0 aromatic carbocycles. The molecular formula is C24H34NO9+. The van der Waals surface area contributed by atoms with Gasteiger partial charge in [-0.1, -0.05) is 19.3 Å². The number of esters is 4. The van der Waals surface area contributed by atoms with Gasteiger partial charge in [0.1, 0.15) is 38.4 Å². The SMILES string of the molecule is O=C(COC(=O)C1CCCCC1)OC1C2CC3C1OC(=O)C3C2C(=O)OCC[NH+]1CCOCC1. The summed E-state index contributed by atoms with van der Waals surface area (Å²) in [4.78, 5) is 51.5. The van der Waals surface area contributed by atoms with Crippen LogP contribution in [0.25, 0.3) is 0 Å². The number of ether oxygens (including phenoxy) is 5. The lowest BCUT2D eigenvalue weighted by atomic mass is 9.78. The molecule has 5 rings (SSSR count). The zero-order chi connectivity index (χ0) is 23.7. The largest absolute Gasteiger partial charge is 0.459 e. The second-order valence-corrected chi connectivity index (χ2v) is 10.2. The van der Waals surface area contributed by atoms with Gasteiger partial charge in [0, 0.05) is 11.8 Å². The third-order valence-corrected chi connectivity index (χ3v) is 8.26. The second-order valence-electron chi connectivity index (χ2n) is 10.2. The minimum Gasteiger partial charge on any atom is -0.459 e. The van der Waals surface area contributed by atoms with E-state index in [1.165, 1.54) is 4.90 Å². The molecule has 1 N–H and O–H groups in total. The van der Waals surface area contributed by atoms with E-state index in [4.69, 9.17) is 23.7 Å². The molecule has 3 aliphatic carbocycles. The molecule has 2 aliphatic heterocycles. The maximum Gasteiger partial charge on any atom is 0.344 e. The van der Waals surface area contributed by atoms with Crippen LogP contribution in [0, 0.1) is 29.6 Å². The molecule has 3 saturated carbocycles. The number of quaternary nitrogens is 1. The molecule has 5 fully saturated rings. The van der Waals surface area contributed by atoms with Gasteiger partial charge in [0.05, 0.1) is 31.0 Å². The molecule has 0 aromatic rings. The molecule has 0 amide bonds. The lowest BCUT2D eigenvalue weighted by molar-refractivity contribution is -0.908. The van der Waals surface area contributed by atoms with Crippen LogP contribution < -0.4 is 4.90 Å². The van der Waals surface area contributed by atoms with Crippen molar-refractivity contribution in [3.05, 3.63) is 0 Å². The average molecular weight is 481 g/mol. The maximum atomic E-state index is 13.0. The van der Waals surface area contributed by atoms with Crippen LogP contribution in [0.15, 0.2) is 0 Å². The molecule has 188 valence electrons. The number of rotatable bonds is 8. The van der Waals surface area contributed by atoms with Crippen LogP contribution >= 0.6 is 0 Å². The normalized spacial score (nSPS) is 35.1. The molecule has 5 aliphatic rings. The number of morpholine rings is 1. The Hall–Kier alpha value is -2.20. The predicted molar refractivity (Wildman–Crippen MR) is 113 cm³/mol. The monoisotopic (exact) mass is 480 g/mol. The van der Waals surface area contributed by atoms with Gasteiger partial charge in [-0.15, -0.1) is 0 Å². The smallest absolute Gasteiger partial charge is 0.344 e. The third-order valence-electron chi connectivity index (χ3n) is 8.26. The van der Waals surface area contributed by atoms with Gasteiger partial charge in [0.25, 0.3) is 0 Å². The third kappa shape index (κ3) is 4.66. The number of carbonyl (C=O) groups is 4. The summed E-state index contributed by atoms with van der Waals surface area (Å²) in [7, 11) is 0. The number of hydrogen-bond donors (Lipinski definition) is 1. The fourth-order valence-electron chi connectivity index (χ4n) is 6.54. The fourth-order valence-corrected chi connectivity index (χ4v) is 6.54. The first kappa shape index (κ1) is 23.5. The van der Waals surface area contributed by atoms with Crippen LogP contribution in [-0.4, -0.2) is 82.1 Å². The van der Waals surface area contributed by atoms with Crippen molar-refractivity contribution in [2.75, 3.05) is 46.1 Å². The summed E-state index contributed by atoms with van der Waals surface area (Å²) in [6.07, 6.45) is 4.01. The molecular weight excluding hydrogens is 446 g/mol. The molecule has 10 nitrogen and oxygen atoms in total. The molecule has 34 heavy (non-hydrogen) atoms. The first-order chi connectivity index (χ1) is 16.5. The number of nitrogens with one attached hydrogen (secondary N) is 1. The Morgan fingerprint density at radius 2 is 1.74 bits per heavy atom. The van der Waals surface area contributed by atoms with Crippen molar-refractivity contribution < 1.29 is 47.8 Å². The molecule has 2 saturated heterocycles. The molecule has 0 spiro atoms. The van der Waals surface area contributed by atoms with Crippen LogP contribution in [0.1, 0.15) is 38.5 Å². The Morgan fingerprint density at radius 1 is 0.971 bits per heavy atom. The average Bonchev–Trinajstić information content (AvgIpc) is 3.48. The predicted octanol–water partition coefficient (Wildman–Crippen LogP) is -0.712. The van der Waals surface area contributed by atoms with Crippen LogP contribution in [0.4, 0.5) is 0 Å². The van der Waals surface area contributed by atoms with E-state index in [9.17, 15) is 19.2 Å². The quantitative estimate of drug-likeness (QED) is 0.355. The molecule has 0 radical (unpaired) electrons. The Labute approximate surface area is 198 Å². The highest BCUT2D eigenvalue weighted by atomic mass is 16.6. The summed E-state index contributed by atoms with van der Waals surface area (Å²) in [6.45, 7) is 3.66. The van der Waals surface area contributed by atoms with Gasteiger partial charge in [0.2, 0.25) is 0 Å². The van der Waals surface area contributed by atoms with Crippen LogP contribution in [0.2, 0.25) is 0 Å². The van der Waals surface area contributed by atoms with Crippen molar-refractivity contribution in [2.45, 2.75) is 50.7 Å².